The smallest absolute Gasteiger partial charge is 0.362 e. The van der Waals surface area contributed by atoms with Crippen LogP contribution in [-0.2, 0) is 6.18 Å². The molecule has 170 valence electrons. The average molecular weight is 456 g/mol. The first kappa shape index (κ1) is 23.3. The first-order valence-corrected chi connectivity index (χ1v) is 11.1. The van der Waals surface area contributed by atoms with Crippen LogP contribution in [-0.4, -0.2) is 42.6 Å². The molecule has 1 fully saturated rings. The second-order valence-electron chi connectivity index (χ2n) is 8.22. The number of carbonyl (C=O) groups is 1. The van der Waals surface area contributed by atoms with Crippen molar-refractivity contribution in [3.63, 3.8) is 0 Å². The van der Waals surface area contributed by atoms with Crippen molar-refractivity contribution < 1.29 is 18.0 Å². The van der Waals surface area contributed by atoms with E-state index in [0.29, 0.717) is 5.92 Å². The summed E-state index contributed by atoms with van der Waals surface area (Å²) in [6.07, 6.45) is -0.344. The number of nitrogens with one attached hydrogen (secondary N) is 2. The number of nitrogens with zero attached hydrogens (tertiary/aromatic N) is 3. The van der Waals surface area contributed by atoms with E-state index in [1.807, 2.05) is 13.8 Å². The van der Waals surface area contributed by atoms with Crippen LogP contribution in [0.2, 0.25) is 0 Å². The molecule has 0 spiro atoms. The number of alkyl halides is 3. The molecular formula is C21H28F3N5OS. The number of pyridine rings is 1. The number of hydrogen-bond acceptors (Lipinski definition) is 6. The molecule has 0 atom stereocenters. The normalized spacial score (nSPS) is 19.2. The number of aryl methyl sites for hydroxylation is 2. The summed E-state index contributed by atoms with van der Waals surface area (Å²) in [5.41, 5.74) is 0.0592. The molecule has 0 aromatic carbocycles. The Morgan fingerprint density at radius 3 is 2.45 bits per heavy atom. The maximum absolute atomic E-state index is 13.1. The van der Waals surface area contributed by atoms with Crippen molar-refractivity contribution in [1.82, 2.24) is 15.3 Å². The standard InChI is InChI=1S/C21H28F3N5OS/c1-12-13(2)31-20(27-12)26-10-14-5-7-16(8-6-14)28-19(30)17-9-15(21(22,23)24)11-25-18(17)29(3)4/h9,11,14,16H,5-8,10H2,1-4H3,(H,26,27)(H,28,30). The van der Waals surface area contributed by atoms with E-state index < -0.39 is 17.6 Å². The predicted molar refractivity (Wildman–Crippen MR) is 117 cm³/mol. The van der Waals surface area contributed by atoms with Crippen LogP contribution in [0.25, 0.3) is 0 Å². The number of amides is 1. The quantitative estimate of drug-likeness (QED) is 0.664. The minimum absolute atomic E-state index is 0.0573. The average Bonchev–Trinajstić information content (AvgIpc) is 3.03. The number of hydrogen-bond donors (Lipinski definition) is 2. The van der Waals surface area contributed by atoms with Crippen LogP contribution in [0.3, 0.4) is 0 Å². The van der Waals surface area contributed by atoms with Gasteiger partial charge < -0.3 is 15.5 Å². The number of anilines is 2. The van der Waals surface area contributed by atoms with Crippen molar-refractivity contribution >= 4 is 28.2 Å². The van der Waals surface area contributed by atoms with E-state index in [2.05, 4.69) is 20.6 Å². The molecule has 0 saturated heterocycles. The topological polar surface area (TPSA) is 70.1 Å². The lowest BCUT2D eigenvalue weighted by atomic mass is 9.86. The number of halogens is 3. The molecule has 0 bridgehead atoms. The second kappa shape index (κ2) is 9.42. The number of aromatic nitrogens is 2. The Labute approximate surface area is 184 Å². The van der Waals surface area contributed by atoms with Crippen LogP contribution in [0.1, 0.15) is 52.2 Å². The summed E-state index contributed by atoms with van der Waals surface area (Å²) in [7, 11) is 3.30. The monoisotopic (exact) mass is 455 g/mol. The van der Waals surface area contributed by atoms with Gasteiger partial charge in [0.2, 0.25) is 0 Å². The van der Waals surface area contributed by atoms with Gasteiger partial charge in [0.25, 0.3) is 5.91 Å². The lowest BCUT2D eigenvalue weighted by Gasteiger charge is -2.29. The highest BCUT2D eigenvalue weighted by Gasteiger charge is 2.33. The van der Waals surface area contributed by atoms with Crippen molar-refractivity contribution in [2.24, 2.45) is 5.92 Å². The minimum Gasteiger partial charge on any atom is -0.362 e. The van der Waals surface area contributed by atoms with Crippen LogP contribution < -0.4 is 15.5 Å². The van der Waals surface area contributed by atoms with Gasteiger partial charge in [-0.2, -0.15) is 13.2 Å². The number of thiazole rings is 1. The van der Waals surface area contributed by atoms with Crippen LogP contribution in [0, 0.1) is 19.8 Å². The van der Waals surface area contributed by atoms with Gasteiger partial charge in [0.15, 0.2) is 5.13 Å². The van der Waals surface area contributed by atoms with Gasteiger partial charge in [0, 0.05) is 37.8 Å². The van der Waals surface area contributed by atoms with Crippen LogP contribution in [0.4, 0.5) is 24.1 Å². The van der Waals surface area contributed by atoms with Crippen molar-refractivity contribution in [2.75, 3.05) is 30.9 Å². The van der Waals surface area contributed by atoms with Crippen molar-refractivity contribution in [1.29, 1.82) is 0 Å². The molecule has 1 aliphatic rings. The highest BCUT2D eigenvalue weighted by Crippen LogP contribution is 2.32. The Bertz CT molecular complexity index is 901. The van der Waals surface area contributed by atoms with Gasteiger partial charge >= 0.3 is 6.18 Å². The Hall–Kier alpha value is -2.36. The van der Waals surface area contributed by atoms with E-state index >= 15 is 0 Å². The molecule has 2 N–H and O–H groups in total. The minimum atomic E-state index is -4.55. The predicted octanol–water partition coefficient (Wildman–Crippen LogP) is 4.64. The fraction of sp³-hybridized carbons (Fsp3) is 0.571. The SMILES string of the molecule is Cc1nc(NCC2CCC(NC(=O)c3cc(C(F)(F)F)cnc3N(C)C)CC2)sc1C. The highest BCUT2D eigenvalue weighted by molar-refractivity contribution is 7.15. The largest absolute Gasteiger partial charge is 0.417 e. The molecule has 2 aromatic rings. The van der Waals surface area contributed by atoms with E-state index in [-0.39, 0.29) is 17.4 Å². The van der Waals surface area contributed by atoms with Crippen molar-refractivity contribution in [2.45, 2.75) is 51.7 Å². The third kappa shape index (κ3) is 5.87. The molecule has 6 nitrogen and oxygen atoms in total. The summed E-state index contributed by atoms with van der Waals surface area (Å²) in [5, 5.41) is 7.24. The summed E-state index contributed by atoms with van der Waals surface area (Å²) in [5.74, 6) is 0.181. The molecule has 31 heavy (non-hydrogen) atoms. The lowest BCUT2D eigenvalue weighted by molar-refractivity contribution is -0.137. The summed E-state index contributed by atoms with van der Waals surface area (Å²) in [4.78, 5) is 23.9. The van der Waals surface area contributed by atoms with Crippen LogP contribution in [0.15, 0.2) is 12.3 Å². The molecule has 0 aliphatic heterocycles. The van der Waals surface area contributed by atoms with Gasteiger partial charge in [0.05, 0.1) is 16.8 Å². The molecule has 1 amide bonds. The first-order valence-electron chi connectivity index (χ1n) is 10.3. The van der Waals surface area contributed by atoms with E-state index in [1.165, 1.54) is 4.88 Å². The van der Waals surface area contributed by atoms with E-state index in [0.717, 1.165) is 55.3 Å². The molecule has 0 radical (unpaired) electrons. The van der Waals surface area contributed by atoms with Gasteiger partial charge in [-0.1, -0.05) is 0 Å². The zero-order chi connectivity index (χ0) is 22.8. The number of carbonyl (C=O) groups excluding carboxylic acids is 1. The van der Waals surface area contributed by atoms with Gasteiger partial charge in [0.1, 0.15) is 5.82 Å². The molecule has 1 saturated carbocycles. The van der Waals surface area contributed by atoms with Gasteiger partial charge in [-0.3, -0.25) is 4.79 Å². The maximum Gasteiger partial charge on any atom is 0.417 e. The highest BCUT2D eigenvalue weighted by atomic mass is 32.1. The molecule has 3 rings (SSSR count). The van der Waals surface area contributed by atoms with E-state index in [9.17, 15) is 18.0 Å². The third-order valence-corrected chi connectivity index (χ3v) is 6.65. The molecule has 0 unspecified atom stereocenters. The van der Waals surface area contributed by atoms with Crippen LogP contribution in [0.5, 0.6) is 0 Å². The molecule has 1 aliphatic carbocycles. The fourth-order valence-electron chi connectivity index (χ4n) is 3.69. The Morgan fingerprint density at radius 2 is 1.90 bits per heavy atom. The first-order chi connectivity index (χ1) is 14.5. The van der Waals surface area contributed by atoms with Gasteiger partial charge in [-0.15, -0.1) is 11.3 Å². The maximum atomic E-state index is 13.1. The Morgan fingerprint density at radius 1 is 1.23 bits per heavy atom. The van der Waals surface area contributed by atoms with Crippen LogP contribution >= 0.6 is 11.3 Å². The zero-order valence-corrected chi connectivity index (χ0v) is 19.0. The molecular weight excluding hydrogens is 427 g/mol. The summed E-state index contributed by atoms with van der Waals surface area (Å²) in [6, 6.07) is 0.822. The van der Waals surface area contributed by atoms with E-state index in [4.69, 9.17) is 0 Å². The summed E-state index contributed by atoms with van der Waals surface area (Å²) < 4.78 is 39.3. The van der Waals surface area contributed by atoms with Gasteiger partial charge in [-0.05, 0) is 51.5 Å². The second-order valence-corrected chi connectivity index (χ2v) is 9.42. The Balaban J connectivity index is 1.57. The summed E-state index contributed by atoms with van der Waals surface area (Å²) >= 11 is 1.65. The van der Waals surface area contributed by atoms with Crippen molar-refractivity contribution in [3.05, 3.63) is 34.0 Å². The van der Waals surface area contributed by atoms with E-state index in [1.54, 1.807) is 30.3 Å². The van der Waals surface area contributed by atoms with Crippen molar-refractivity contribution in [3.8, 4) is 0 Å². The Kier molecular flexibility index (Phi) is 7.08. The summed E-state index contributed by atoms with van der Waals surface area (Å²) in [6.45, 7) is 4.87. The van der Waals surface area contributed by atoms with Gasteiger partial charge in [-0.25, -0.2) is 9.97 Å². The zero-order valence-electron chi connectivity index (χ0n) is 18.1. The fourth-order valence-corrected chi connectivity index (χ4v) is 4.51. The lowest BCUT2D eigenvalue weighted by Crippen LogP contribution is -2.39. The molecule has 2 heterocycles. The third-order valence-electron chi connectivity index (χ3n) is 5.61. The molecule has 10 heteroatoms. The number of rotatable bonds is 6. The molecule has 2 aromatic heterocycles.